The summed E-state index contributed by atoms with van der Waals surface area (Å²) in [6, 6.07) is 14.5. The minimum Gasteiger partial charge on any atom is -0.377 e. The number of nitrogens with one attached hydrogen (secondary N) is 1. The molecule has 0 saturated carbocycles. The molecule has 0 spiro atoms. The average Bonchev–Trinajstić information content (AvgIpc) is 3.34. The van der Waals surface area contributed by atoms with Crippen LogP contribution in [0.1, 0.15) is 43.2 Å². The fraction of sp³-hybridized carbons (Fsp3) is 0.500. The van der Waals surface area contributed by atoms with Crippen LogP contribution in [0.15, 0.2) is 47.8 Å². The molecule has 1 aliphatic rings. The average molecular weight is 387 g/mol. The van der Waals surface area contributed by atoms with E-state index < -0.39 is 0 Å². The first-order valence-corrected chi connectivity index (χ1v) is 10.7. The number of carbonyl (C=O) groups is 1. The molecule has 1 N–H and O–H groups in total. The van der Waals surface area contributed by atoms with Crippen molar-refractivity contribution in [3.8, 4) is 0 Å². The van der Waals surface area contributed by atoms with E-state index in [1.54, 1.807) is 11.3 Å². The van der Waals surface area contributed by atoms with Crippen molar-refractivity contribution in [2.24, 2.45) is 5.92 Å². The van der Waals surface area contributed by atoms with Gasteiger partial charge in [-0.25, -0.2) is 0 Å². The normalized spacial score (nSPS) is 18.1. The Morgan fingerprint density at radius 1 is 1.26 bits per heavy atom. The molecule has 4 nitrogen and oxygen atoms in total. The maximum atomic E-state index is 12.9. The summed E-state index contributed by atoms with van der Waals surface area (Å²) < 4.78 is 5.80. The van der Waals surface area contributed by atoms with Crippen LogP contribution >= 0.6 is 11.3 Å². The highest BCUT2D eigenvalue weighted by molar-refractivity contribution is 7.09. The van der Waals surface area contributed by atoms with Gasteiger partial charge in [0.15, 0.2) is 0 Å². The molecule has 1 fully saturated rings. The van der Waals surface area contributed by atoms with Gasteiger partial charge in [-0.15, -0.1) is 11.3 Å². The summed E-state index contributed by atoms with van der Waals surface area (Å²) in [6.45, 7) is 7.13. The predicted octanol–water partition coefficient (Wildman–Crippen LogP) is 4.24. The summed E-state index contributed by atoms with van der Waals surface area (Å²) in [5, 5.41) is 5.34. The largest absolute Gasteiger partial charge is 0.377 e. The molecule has 0 aliphatic carbocycles. The molecule has 2 heterocycles. The molecular formula is C22H30N2O2S. The van der Waals surface area contributed by atoms with E-state index >= 15 is 0 Å². The number of hydrogen-bond acceptors (Lipinski definition) is 4. The Morgan fingerprint density at radius 3 is 2.70 bits per heavy atom. The highest BCUT2D eigenvalue weighted by Crippen LogP contribution is 2.22. The third kappa shape index (κ3) is 6.16. The molecule has 0 bridgehead atoms. The van der Waals surface area contributed by atoms with E-state index in [-0.39, 0.29) is 18.1 Å². The van der Waals surface area contributed by atoms with Gasteiger partial charge in [-0.2, -0.15) is 0 Å². The first-order chi connectivity index (χ1) is 13.1. The maximum Gasteiger partial charge on any atom is 0.234 e. The molecule has 0 radical (unpaired) electrons. The van der Waals surface area contributed by atoms with Crippen molar-refractivity contribution in [2.75, 3.05) is 19.7 Å². The van der Waals surface area contributed by atoms with Gasteiger partial charge in [0.1, 0.15) is 0 Å². The van der Waals surface area contributed by atoms with Gasteiger partial charge in [-0.1, -0.05) is 50.2 Å². The molecule has 146 valence electrons. The van der Waals surface area contributed by atoms with Gasteiger partial charge in [0.05, 0.1) is 18.7 Å². The van der Waals surface area contributed by atoms with Crippen LogP contribution in [0.25, 0.3) is 0 Å². The van der Waals surface area contributed by atoms with Crippen molar-refractivity contribution in [1.82, 2.24) is 10.2 Å². The Hall–Kier alpha value is -1.69. The summed E-state index contributed by atoms with van der Waals surface area (Å²) in [5.74, 6) is 0.410. The van der Waals surface area contributed by atoms with E-state index in [1.807, 2.05) is 18.2 Å². The first kappa shape index (κ1) is 20.1. The van der Waals surface area contributed by atoms with Gasteiger partial charge in [0.25, 0.3) is 0 Å². The number of nitrogens with zero attached hydrogens (tertiary/aromatic N) is 1. The van der Waals surface area contributed by atoms with Crippen LogP contribution in [-0.2, 0) is 16.1 Å². The van der Waals surface area contributed by atoms with Gasteiger partial charge in [-0.3, -0.25) is 9.69 Å². The number of benzene rings is 1. The predicted molar refractivity (Wildman–Crippen MR) is 111 cm³/mol. The maximum absolute atomic E-state index is 12.9. The van der Waals surface area contributed by atoms with Gasteiger partial charge in [0, 0.05) is 24.6 Å². The minimum absolute atomic E-state index is 0.0324. The van der Waals surface area contributed by atoms with Crippen LogP contribution in [0.3, 0.4) is 0 Å². The molecule has 2 unspecified atom stereocenters. The van der Waals surface area contributed by atoms with E-state index in [0.29, 0.717) is 12.5 Å². The van der Waals surface area contributed by atoms with E-state index in [1.165, 1.54) is 4.88 Å². The van der Waals surface area contributed by atoms with Crippen molar-refractivity contribution < 1.29 is 9.53 Å². The number of rotatable bonds is 9. The molecule has 3 rings (SSSR count). The Labute approximate surface area is 166 Å². The van der Waals surface area contributed by atoms with Crippen molar-refractivity contribution in [3.63, 3.8) is 0 Å². The summed E-state index contributed by atoms with van der Waals surface area (Å²) in [5.41, 5.74) is 1.16. The molecule has 1 aromatic heterocycles. The molecule has 1 amide bonds. The third-order valence-corrected chi connectivity index (χ3v) is 5.82. The van der Waals surface area contributed by atoms with Crippen molar-refractivity contribution >= 4 is 17.2 Å². The quantitative estimate of drug-likeness (QED) is 0.701. The van der Waals surface area contributed by atoms with Crippen LogP contribution in [0, 0.1) is 5.92 Å². The highest BCUT2D eigenvalue weighted by atomic mass is 32.1. The molecule has 2 aromatic rings. The Balaban J connectivity index is 1.63. The SMILES string of the molecule is CC(C)C(NC(=O)CN(Cc1cccs1)CC1CCCO1)c1ccccc1. The second-order valence-electron chi connectivity index (χ2n) is 7.58. The van der Waals surface area contributed by atoms with E-state index in [0.717, 1.165) is 38.1 Å². The molecule has 1 aromatic carbocycles. The lowest BCUT2D eigenvalue weighted by Gasteiger charge is -2.27. The topological polar surface area (TPSA) is 41.6 Å². The van der Waals surface area contributed by atoms with Gasteiger partial charge < -0.3 is 10.1 Å². The van der Waals surface area contributed by atoms with Crippen LogP contribution in [-0.4, -0.2) is 36.6 Å². The lowest BCUT2D eigenvalue weighted by Crippen LogP contribution is -2.42. The number of ether oxygens (including phenoxy) is 1. The number of thiophene rings is 1. The molecule has 2 atom stereocenters. The molecular weight excluding hydrogens is 356 g/mol. The number of hydrogen-bond donors (Lipinski definition) is 1. The summed E-state index contributed by atoms with van der Waals surface area (Å²) >= 11 is 1.74. The Morgan fingerprint density at radius 2 is 2.07 bits per heavy atom. The zero-order valence-electron chi connectivity index (χ0n) is 16.3. The van der Waals surface area contributed by atoms with Crippen LogP contribution < -0.4 is 5.32 Å². The summed E-state index contributed by atoms with van der Waals surface area (Å²) in [6.07, 6.45) is 2.45. The van der Waals surface area contributed by atoms with Crippen LogP contribution in [0.2, 0.25) is 0 Å². The van der Waals surface area contributed by atoms with Gasteiger partial charge in [0.2, 0.25) is 5.91 Å². The van der Waals surface area contributed by atoms with E-state index in [4.69, 9.17) is 4.74 Å². The molecule has 27 heavy (non-hydrogen) atoms. The lowest BCUT2D eigenvalue weighted by atomic mass is 9.96. The summed E-state index contributed by atoms with van der Waals surface area (Å²) in [4.78, 5) is 16.4. The monoisotopic (exact) mass is 386 g/mol. The molecule has 5 heteroatoms. The van der Waals surface area contributed by atoms with Gasteiger partial charge in [-0.05, 0) is 35.8 Å². The number of amides is 1. The fourth-order valence-corrected chi connectivity index (χ4v) is 4.35. The minimum atomic E-state index is 0.0324. The zero-order valence-corrected chi connectivity index (χ0v) is 17.1. The standard InChI is InChI=1S/C22H30N2O2S/c1-17(2)22(18-8-4-3-5-9-18)23-21(25)16-24(14-19-10-6-12-26-19)15-20-11-7-13-27-20/h3-5,7-9,11,13,17,19,22H,6,10,12,14-16H2,1-2H3,(H,23,25). The zero-order chi connectivity index (χ0) is 19.1. The van der Waals surface area contributed by atoms with Crippen LogP contribution in [0.4, 0.5) is 0 Å². The smallest absolute Gasteiger partial charge is 0.234 e. The third-order valence-electron chi connectivity index (χ3n) is 4.95. The molecule has 1 aliphatic heterocycles. The second kappa shape index (κ2) is 10.0. The summed E-state index contributed by atoms with van der Waals surface area (Å²) in [7, 11) is 0. The highest BCUT2D eigenvalue weighted by Gasteiger charge is 2.23. The second-order valence-corrected chi connectivity index (χ2v) is 8.62. The number of carbonyl (C=O) groups excluding carboxylic acids is 1. The van der Waals surface area contributed by atoms with E-state index in [2.05, 4.69) is 53.7 Å². The Kier molecular flexibility index (Phi) is 7.44. The molecule has 1 saturated heterocycles. The Bertz CT molecular complexity index is 682. The van der Waals surface area contributed by atoms with E-state index in [9.17, 15) is 4.79 Å². The van der Waals surface area contributed by atoms with Gasteiger partial charge >= 0.3 is 0 Å². The van der Waals surface area contributed by atoms with Crippen molar-refractivity contribution in [3.05, 3.63) is 58.3 Å². The van der Waals surface area contributed by atoms with Crippen molar-refractivity contribution in [2.45, 2.75) is 45.4 Å². The first-order valence-electron chi connectivity index (χ1n) is 9.82. The fourth-order valence-electron chi connectivity index (χ4n) is 3.60. The van der Waals surface area contributed by atoms with Crippen LogP contribution in [0.5, 0.6) is 0 Å². The van der Waals surface area contributed by atoms with Crippen molar-refractivity contribution in [1.29, 1.82) is 0 Å². The lowest BCUT2D eigenvalue weighted by molar-refractivity contribution is -0.123.